The highest BCUT2D eigenvalue weighted by Gasteiger charge is 2.14. The molecule has 2 rings (SSSR count). The van der Waals surface area contributed by atoms with Gasteiger partial charge in [-0.1, -0.05) is 28.1 Å². The fraction of sp³-hybridized carbons (Fsp3) is 0.0909. The third-order valence-corrected chi connectivity index (χ3v) is 2.65. The van der Waals surface area contributed by atoms with Crippen molar-refractivity contribution in [3.05, 3.63) is 45.2 Å². The van der Waals surface area contributed by atoms with Gasteiger partial charge in [-0.3, -0.25) is 9.59 Å². The topological polar surface area (TPSA) is 39.1 Å². The molecular weight excluding hydrogens is 258 g/mol. The first-order chi connectivity index (χ1) is 7.09. The van der Waals surface area contributed by atoms with Crippen LogP contribution in [0.2, 0.25) is 0 Å². The molecule has 1 aliphatic carbocycles. The summed E-state index contributed by atoms with van der Waals surface area (Å²) in [5, 5.41) is 0. The van der Waals surface area contributed by atoms with E-state index in [-0.39, 0.29) is 11.5 Å². The van der Waals surface area contributed by atoms with Crippen molar-refractivity contribution in [1.82, 2.24) is 4.57 Å². The number of halogens is 1. The molecule has 1 aliphatic heterocycles. The van der Waals surface area contributed by atoms with Crippen molar-refractivity contribution in [2.24, 2.45) is 0 Å². The first kappa shape index (κ1) is 10.1. The molecule has 2 aliphatic rings. The summed E-state index contributed by atoms with van der Waals surface area (Å²) < 4.78 is 2.00. The average Bonchev–Trinajstić information content (AvgIpc) is 2.32. The predicted octanol–water partition coefficient (Wildman–Crippen LogP) is 2.38. The maximum Gasteiger partial charge on any atom is 0.258 e. The molecule has 0 aromatic heterocycles. The molecule has 15 heavy (non-hydrogen) atoms. The number of aromatic nitrogens is 1. The van der Waals surface area contributed by atoms with Crippen molar-refractivity contribution in [2.45, 2.75) is 6.92 Å². The van der Waals surface area contributed by atoms with Gasteiger partial charge in [-0.25, -0.2) is 4.57 Å². The second-order valence-electron chi connectivity index (χ2n) is 3.23. The molecule has 0 aromatic carbocycles. The maximum atomic E-state index is 11.5. The van der Waals surface area contributed by atoms with Crippen LogP contribution >= 0.6 is 15.9 Å². The van der Waals surface area contributed by atoms with Crippen LogP contribution in [0.3, 0.4) is 0 Å². The van der Waals surface area contributed by atoms with Gasteiger partial charge in [0.1, 0.15) is 0 Å². The first-order valence-electron chi connectivity index (χ1n) is 4.42. The molecule has 0 saturated heterocycles. The molecule has 0 N–H and O–H groups in total. The van der Waals surface area contributed by atoms with E-state index in [4.69, 9.17) is 0 Å². The van der Waals surface area contributed by atoms with E-state index in [1.807, 2.05) is 12.1 Å². The lowest BCUT2D eigenvalue weighted by Crippen LogP contribution is -2.19. The van der Waals surface area contributed by atoms with Crippen molar-refractivity contribution in [3.8, 4) is 11.3 Å². The third-order valence-electron chi connectivity index (χ3n) is 2.16. The molecule has 0 spiro atoms. The summed E-state index contributed by atoms with van der Waals surface area (Å²) in [4.78, 5) is 22.8. The summed E-state index contributed by atoms with van der Waals surface area (Å²) in [6, 6.07) is 8.72. The molecule has 4 heteroatoms. The SMILES string of the molecule is CC(=O)n1c2cc(Br)cccc-2cc1=O. The lowest BCUT2D eigenvalue weighted by atomic mass is 10.2. The molecule has 0 saturated carbocycles. The Morgan fingerprint density at radius 1 is 1.33 bits per heavy atom. The van der Waals surface area contributed by atoms with Crippen LogP contribution in [-0.2, 0) is 0 Å². The molecular formula is C11H8BrNO2. The van der Waals surface area contributed by atoms with Gasteiger partial charge in [-0.2, -0.15) is 0 Å². The Balaban J connectivity index is 2.87. The Kier molecular flexibility index (Phi) is 2.44. The number of carbonyl (C=O) groups is 1. The largest absolute Gasteiger partial charge is 0.274 e. The van der Waals surface area contributed by atoms with E-state index in [2.05, 4.69) is 15.9 Å². The van der Waals surface area contributed by atoms with Crippen LogP contribution in [0.1, 0.15) is 11.7 Å². The second kappa shape index (κ2) is 3.62. The Morgan fingerprint density at radius 3 is 2.73 bits per heavy atom. The van der Waals surface area contributed by atoms with Gasteiger partial charge in [-0.05, 0) is 12.1 Å². The zero-order valence-corrected chi connectivity index (χ0v) is 9.61. The number of rotatable bonds is 0. The highest BCUT2D eigenvalue weighted by molar-refractivity contribution is 9.10. The standard InChI is InChI=1S/C11H8BrNO2/c1-7(14)13-10-6-9(12)4-2-3-8(10)5-11(13)15/h2-6H,1H3. The Labute approximate surface area is 94.8 Å². The molecule has 1 heterocycles. The Hall–Kier alpha value is -1.42. The zero-order chi connectivity index (χ0) is 11.0. The molecule has 0 bridgehead atoms. The summed E-state index contributed by atoms with van der Waals surface area (Å²) >= 11 is 3.33. The van der Waals surface area contributed by atoms with E-state index in [0.29, 0.717) is 5.69 Å². The number of hydrogen-bond acceptors (Lipinski definition) is 2. The summed E-state index contributed by atoms with van der Waals surface area (Å²) in [5.41, 5.74) is 1.11. The highest BCUT2D eigenvalue weighted by atomic mass is 79.9. The average molecular weight is 266 g/mol. The van der Waals surface area contributed by atoms with Crippen molar-refractivity contribution in [1.29, 1.82) is 0 Å². The van der Waals surface area contributed by atoms with Gasteiger partial charge in [0.2, 0.25) is 5.91 Å². The van der Waals surface area contributed by atoms with Gasteiger partial charge in [-0.15, -0.1) is 0 Å². The minimum atomic E-state index is -0.282. The van der Waals surface area contributed by atoms with Crippen LogP contribution in [-0.4, -0.2) is 10.5 Å². The Morgan fingerprint density at radius 2 is 2.07 bits per heavy atom. The van der Waals surface area contributed by atoms with E-state index < -0.39 is 0 Å². The maximum absolute atomic E-state index is 11.5. The van der Waals surface area contributed by atoms with Gasteiger partial charge in [0.25, 0.3) is 5.56 Å². The fourth-order valence-corrected chi connectivity index (χ4v) is 1.92. The number of fused-ring (bicyclic) bond motifs is 1. The summed E-state index contributed by atoms with van der Waals surface area (Å²) in [6.45, 7) is 1.38. The smallest absolute Gasteiger partial charge is 0.258 e. The van der Waals surface area contributed by atoms with Crippen LogP contribution < -0.4 is 5.56 Å². The number of nitrogens with zero attached hydrogens (tertiary/aromatic N) is 1. The molecule has 3 nitrogen and oxygen atoms in total. The van der Waals surface area contributed by atoms with Gasteiger partial charge in [0.15, 0.2) is 0 Å². The first-order valence-corrected chi connectivity index (χ1v) is 5.21. The minimum absolute atomic E-state index is 0.270. The van der Waals surface area contributed by atoms with Gasteiger partial charge in [0.05, 0.1) is 5.69 Å². The van der Waals surface area contributed by atoms with E-state index in [1.54, 1.807) is 12.1 Å². The van der Waals surface area contributed by atoms with Gasteiger partial charge in [0, 0.05) is 23.0 Å². The number of hydrogen-bond donors (Lipinski definition) is 0. The van der Waals surface area contributed by atoms with E-state index in [1.165, 1.54) is 17.6 Å². The highest BCUT2D eigenvalue weighted by Crippen LogP contribution is 2.22. The monoisotopic (exact) mass is 265 g/mol. The minimum Gasteiger partial charge on any atom is -0.274 e. The van der Waals surface area contributed by atoms with E-state index >= 15 is 0 Å². The van der Waals surface area contributed by atoms with Crippen LogP contribution in [0.15, 0.2) is 39.6 Å². The van der Waals surface area contributed by atoms with Crippen molar-refractivity contribution < 1.29 is 4.79 Å². The second-order valence-corrected chi connectivity index (χ2v) is 4.15. The van der Waals surface area contributed by atoms with E-state index in [9.17, 15) is 9.59 Å². The summed E-state index contributed by atoms with van der Waals surface area (Å²) in [6.07, 6.45) is 0. The molecule has 0 fully saturated rings. The number of carbonyl (C=O) groups excluding carboxylic acids is 1. The van der Waals surface area contributed by atoms with Crippen molar-refractivity contribution in [2.75, 3.05) is 0 Å². The molecule has 0 unspecified atom stereocenters. The molecule has 76 valence electrons. The molecule has 0 amide bonds. The lowest BCUT2D eigenvalue weighted by molar-refractivity contribution is 0.0935. The van der Waals surface area contributed by atoms with Crippen molar-refractivity contribution >= 4 is 21.8 Å². The molecule has 0 atom stereocenters. The zero-order valence-electron chi connectivity index (χ0n) is 8.03. The van der Waals surface area contributed by atoms with Crippen molar-refractivity contribution in [3.63, 3.8) is 0 Å². The van der Waals surface area contributed by atoms with Crippen LogP contribution in [0.25, 0.3) is 11.3 Å². The third kappa shape index (κ3) is 1.72. The Bertz CT molecular complexity index is 559. The molecule has 0 aromatic rings. The quantitative estimate of drug-likeness (QED) is 0.734. The summed E-state index contributed by atoms with van der Waals surface area (Å²) in [7, 11) is 0. The molecule has 0 radical (unpaired) electrons. The predicted molar refractivity (Wildman–Crippen MR) is 61.3 cm³/mol. The van der Waals surface area contributed by atoms with Crippen LogP contribution in [0, 0.1) is 0 Å². The van der Waals surface area contributed by atoms with Crippen LogP contribution in [0.5, 0.6) is 0 Å². The van der Waals surface area contributed by atoms with Gasteiger partial charge < -0.3 is 0 Å². The van der Waals surface area contributed by atoms with Gasteiger partial charge >= 0.3 is 0 Å². The summed E-state index contributed by atoms with van der Waals surface area (Å²) in [5.74, 6) is -0.270. The van der Waals surface area contributed by atoms with Crippen LogP contribution in [0.4, 0.5) is 0 Å². The lowest BCUT2D eigenvalue weighted by Gasteiger charge is -1.99. The van der Waals surface area contributed by atoms with E-state index in [0.717, 1.165) is 10.0 Å². The normalized spacial score (nSPS) is 10.5. The fourth-order valence-electron chi connectivity index (χ4n) is 1.55.